The first kappa shape index (κ1) is 23.1. The van der Waals surface area contributed by atoms with Gasteiger partial charge in [0.1, 0.15) is 16.6 Å². The summed E-state index contributed by atoms with van der Waals surface area (Å²) in [5.74, 6) is 0.390. The largest absolute Gasteiger partial charge is 0.375 e. The normalized spacial score (nSPS) is 15.3. The van der Waals surface area contributed by atoms with Crippen LogP contribution in [0.4, 0.5) is 16.8 Å². The maximum Gasteiger partial charge on any atom is 0.227 e. The Balaban J connectivity index is 1.48. The summed E-state index contributed by atoms with van der Waals surface area (Å²) in [6.45, 7) is 5.12. The fourth-order valence-electron chi connectivity index (χ4n) is 3.77. The van der Waals surface area contributed by atoms with Gasteiger partial charge in [-0.1, -0.05) is 17.4 Å². The Morgan fingerprint density at radius 2 is 1.97 bits per heavy atom. The number of hydrogen-bond acceptors (Lipinski definition) is 10. The minimum absolute atomic E-state index is 0.315. The lowest BCUT2D eigenvalue weighted by Gasteiger charge is -2.33. The maximum absolute atomic E-state index is 11.7. The zero-order valence-electron chi connectivity index (χ0n) is 18.3. The number of benzene rings is 1. The van der Waals surface area contributed by atoms with Crippen LogP contribution in [0.5, 0.6) is 0 Å². The summed E-state index contributed by atoms with van der Waals surface area (Å²) in [7, 11) is -3.14. The van der Waals surface area contributed by atoms with E-state index in [0.29, 0.717) is 53.5 Å². The molecule has 3 heterocycles. The van der Waals surface area contributed by atoms with Crippen LogP contribution < -0.4 is 11.1 Å². The summed E-state index contributed by atoms with van der Waals surface area (Å²) in [6, 6.07) is 9.95. The average Bonchev–Trinajstić information content (AvgIpc) is 3.14. The van der Waals surface area contributed by atoms with Gasteiger partial charge in [-0.05, 0) is 36.2 Å². The molecule has 0 spiro atoms. The van der Waals surface area contributed by atoms with E-state index in [1.54, 1.807) is 12.3 Å². The van der Waals surface area contributed by atoms with E-state index in [0.717, 1.165) is 34.7 Å². The van der Waals surface area contributed by atoms with Crippen molar-refractivity contribution in [2.24, 2.45) is 0 Å². The standard InChI is InChI=1S/C21H24N8O2S2/c1-14-9-15(13-28-5-7-29(8-6-28)33(2,30)31)11-16(10-14)25-21-24-4-3-17(26-21)19-18(12-22)32-20(23)27-19/h3-4,9-11H,5-8,13H2,1-2H3,(H2,23,27)(H,24,25,26). The van der Waals surface area contributed by atoms with Crippen LogP contribution in [0.2, 0.25) is 0 Å². The molecule has 1 saturated heterocycles. The minimum Gasteiger partial charge on any atom is -0.375 e. The Morgan fingerprint density at radius 1 is 1.21 bits per heavy atom. The average molecular weight is 485 g/mol. The van der Waals surface area contributed by atoms with Gasteiger partial charge in [0.05, 0.1) is 11.9 Å². The summed E-state index contributed by atoms with van der Waals surface area (Å²) in [5.41, 5.74) is 9.76. The van der Waals surface area contributed by atoms with Crippen molar-refractivity contribution in [2.45, 2.75) is 13.5 Å². The number of nitrogens with zero attached hydrogens (tertiary/aromatic N) is 6. The Morgan fingerprint density at radius 3 is 2.67 bits per heavy atom. The predicted octanol–water partition coefficient (Wildman–Crippen LogP) is 2.18. The third-order valence-electron chi connectivity index (χ3n) is 5.24. The van der Waals surface area contributed by atoms with E-state index in [-0.39, 0.29) is 0 Å². The number of aromatic nitrogens is 3. The molecule has 12 heteroatoms. The molecule has 33 heavy (non-hydrogen) atoms. The molecule has 0 aliphatic carbocycles. The van der Waals surface area contributed by atoms with Crippen molar-refractivity contribution < 1.29 is 8.42 Å². The molecule has 3 N–H and O–H groups in total. The number of nitrogens with one attached hydrogen (secondary N) is 1. The number of hydrogen-bond donors (Lipinski definition) is 2. The minimum atomic E-state index is -3.14. The molecule has 0 unspecified atom stereocenters. The van der Waals surface area contributed by atoms with E-state index in [9.17, 15) is 13.7 Å². The quantitative estimate of drug-likeness (QED) is 0.538. The van der Waals surface area contributed by atoms with Gasteiger partial charge in [0.2, 0.25) is 16.0 Å². The van der Waals surface area contributed by atoms with E-state index in [2.05, 4.69) is 37.3 Å². The second-order valence-electron chi connectivity index (χ2n) is 7.88. The van der Waals surface area contributed by atoms with E-state index >= 15 is 0 Å². The van der Waals surface area contributed by atoms with Crippen LogP contribution in [-0.4, -0.2) is 65.0 Å². The third-order valence-corrected chi connectivity index (χ3v) is 7.34. The maximum atomic E-state index is 11.7. The molecule has 1 aliphatic heterocycles. The molecule has 0 bridgehead atoms. The number of sulfonamides is 1. The second-order valence-corrected chi connectivity index (χ2v) is 10.9. The van der Waals surface area contributed by atoms with E-state index < -0.39 is 10.0 Å². The topological polar surface area (TPSA) is 141 Å². The van der Waals surface area contributed by atoms with E-state index in [1.165, 1.54) is 10.6 Å². The van der Waals surface area contributed by atoms with E-state index in [4.69, 9.17) is 5.73 Å². The molecule has 172 valence electrons. The van der Waals surface area contributed by atoms with Crippen LogP contribution in [0.1, 0.15) is 16.0 Å². The number of anilines is 3. The number of nitrogens with two attached hydrogens (primary N) is 1. The molecule has 0 saturated carbocycles. The van der Waals surface area contributed by atoms with Gasteiger partial charge in [-0.3, -0.25) is 4.90 Å². The number of nitrogen functional groups attached to an aromatic ring is 1. The lowest BCUT2D eigenvalue weighted by atomic mass is 10.1. The molecular formula is C21H24N8O2S2. The third kappa shape index (κ3) is 5.63. The number of aryl methyl sites for hydroxylation is 1. The van der Waals surface area contributed by atoms with Gasteiger partial charge in [-0.2, -0.15) is 9.57 Å². The number of nitriles is 1. The molecule has 3 aromatic rings. The molecule has 1 aromatic carbocycles. The van der Waals surface area contributed by atoms with Gasteiger partial charge in [-0.15, -0.1) is 0 Å². The van der Waals surface area contributed by atoms with Gasteiger partial charge >= 0.3 is 0 Å². The lowest BCUT2D eigenvalue weighted by Crippen LogP contribution is -2.47. The Labute approximate surface area is 196 Å². The summed E-state index contributed by atoms with van der Waals surface area (Å²) in [4.78, 5) is 15.7. The molecule has 10 nitrogen and oxygen atoms in total. The highest BCUT2D eigenvalue weighted by molar-refractivity contribution is 7.88. The summed E-state index contributed by atoms with van der Waals surface area (Å²) < 4.78 is 25.0. The first-order valence-corrected chi connectivity index (χ1v) is 12.9. The van der Waals surface area contributed by atoms with Gasteiger partial charge < -0.3 is 11.1 Å². The first-order chi connectivity index (χ1) is 15.7. The van der Waals surface area contributed by atoms with Gasteiger partial charge in [0.25, 0.3) is 0 Å². The number of rotatable bonds is 6. The van der Waals surface area contributed by atoms with Crippen molar-refractivity contribution in [2.75, 3.05) is 43.5 Å². The van der Waals surface area contributed by atoms with Crippen LogP contribution in [0.25, 0.3) is 11.4 Å². The van der Waals surface area contributed by atoms with Crippen molar-refractivity contribution in [3.63, 3.8) is 0 Å². The summed E-state index contributed by atoms with van der Waals surface area (Å²) >= 11 is 1.12. The Hall–Kier alpha value is -3.11. The van der Waals surface area contributed by atoms with Crippen molar-refractivity contribution in [3.8, 4) is 17.5 Å². The first-order valence-electron chi connectivity index (χ1n) is 10.3. The molecular weight excluding hydrogens is 460 g/mol. The second kappa shape index (κ2) is 9.40. The van der Waals surface area contributed by atoms with Crippen LogP contribution in [0.3, 0.4) is 0 Å². The van der Waals surface area contributed by atoms with E-state index in [1.807, 2.05) is 19.1 Å². The molecule has 1 fully saturated rings. The lowest BCUT2D eigenvalue weighted by molar-refractivity contribution is 0.182. The summed E-state index contributed by atoms with van der Waals surface area (Å²) in [5, 5.41) is 12.9. The predicted molar refractivity (Wildman–Crippen MR) is 128 cm³/mol. The highest BCUT2D eigenvalue weighted by Crippen LogP contribution is 2.28. The van der Waals surface area contributed by atoms with Crippen LogP contribution in [0, 0.1) is 18.3 Å². The monoisotopic (exact) mass is 484 g/mol. The Kier molecular flexibility index (Phi) is 6.57. The molecule has 0 amide bonds. The fraction of sp³-hybridized carbons (Fsp3) is 0.333. The molecule has 4 rings (SSSR count). The van der Waals surface area contributed by atoms with Crippen LogP contribution in [0.15, 0.2) is 30.5 Å². The van der Waals surface area contributed by atoms with Crippen LogP contribution in [-0.2, 0) is 16.6 Å². The van der Waals surface area contributed by atoms with Gasteiger partial charge in [-0.25, -0.2) is 23.4 Å². The van der Waals surface area contributed by atoms with Crippen molar-refractivity contribution in [1.29, 1.82) is 5.26 Å². The fourth-order valence-corrected chi connectivity index (χ4v) is 5.23. The van der Waals surface area contributed by atoms with Crippen molar-refractivity contribution in [1.82, 2.24) is 24.2 Å². The SMILES string of the molecule is Cc1cc(CN2CCN(S(C)(=O)=O)CC2)cc(Nc2nccc(-c3nc(N)sc3C#N)n2)c1. The highest BCUT2D eigenvalue weighted by atomic mass is 32.2. The number of piperazine rings is 1. The summed E-state index contributed by atoms with van der Waals surface area (Å²) in [6.07, 6.45) is 2.86. The molecule has 2 aromatic heterocycles. The molecule has 1 aliphatic rings. The highest BCUT2D eigenvalue weighted by Gasteiger charge is 2.23. The zero-order valence-corrected chi connectivity index (χ0v) is 19.9. The van der Waals surface area contributed by atoms with Crippen molar-refractivity contribution >= 4 is 38.1 Å². The number of thiazole rings is 1. The molecule has 0 radical (unpaired) electrons. The van der Waals surface area contributed by atoms with Gasteiger partial charge in [0, 0.05) is 44.6 Å². The molecule has 0 atom stereocenters. The zero-order chi connectivity index (χ0) is 23.6. The van der Waals surface area contributed by atoms with Gasteiger partial charge in [0.15, 0.2) is 5.13 Å². The smallest absolute Gasteiger partial charge is 0.227 e. The Bertz CT molecular complexity index is 1310. The van der Waals surface area contributed by atoms with Crippen LogP contribution >= 0.6 is 11.3 Å². The van der Waals surface area contributed by atoms with Crippen molar-refractivity contribution in [3.05, 3.63) is 46.5 Å².